The number of hydrogen-bond donors (Lipinski definition) is 1. The fourth-order valence-electron chi connectivity index (χ4n) is 3.64. The highest BCUT2D eigenvalue weighted by atomic mass is 16.5. The summed E-state index contributed by atoms with van der Waals surface area (Å²) in [4.78, 5) is 15.2. The number of methoxy groups -OCH3 is 1. The lowest BCUT2D eigenvalue weighted by molar-refractivity contribution is 0.273. The van der Waals surface area contributed by atoms with Crippen molar-refractivity contribution in [2.24, 2.45) is 0 Å². The van der Waals surface area contributed by atoms with Gasteiger partial charge in [0.1, 0.15) is 11.4 Å². The van der Waals surface area contributed by atoms with Crippen LogP contribution in [-0.4, -0.2) is 34.9 Å². The third-order valence-corrected chi connectivity index (χ3v) is 4.94. The lowest BCUT2D eigenvalue weighted by atomic mass is 10.0. The minimum atomic E-state index is 0.0379. The molecule has 1 N–H and O–H groups in total. The van der Waals surface area contributed by atoms with Crippen molar-refractivity contribution >= 4 is 0 Å². The third kappa shape index (κ3) is 3.07. The molecule has 2 aliphatic rings. The van der Waals surface area contributed by atoms with Gasteiger partial charge in [0.2, 0.25) is 0 Å². The zero-order valence-corrected chi connectivity index (χ0v) is 14.5. The van der Waals surface area contributed by atoms with Crippen LogP contribution in [0.1, 0.15) is 24.1 Å². The summed E-state index contributed by atoms with van der Waals surface area (Å²) < 4.78 is 7.02. The monoisotopic (exact) mass is 337 g/mol. The van der Waals surface area contributed by atoms with Crippen molar-refractivity contribution < 1.29 is 4.74 Å². The first-order valence-electron chi connectivity index (χ1n) is 8.80. The maximum absolute atomic E-state index is 12.8. The Morgan fingerprint density at radius 3 is 2.92 bits per heavy atom. The van der Waals surface area contributed by atoms with Crippen LogP contribution in [0.2, 0.25) is 0 Å². The van der Waals surface area contributed by atoms with Gasteiger partial charge in [-0.25, -0.2) is 4.68 Å². The largest absolute Gasteiger partial charge is 0.494 e. The lowest BCUT2D eigenvalue weighted by Crippen LogP contribution is -2.33. The number of benzene rings is 1. The van der Waals surface area contributed by atoms with Crippen molar-refractivity contribution in [2.75, 3.05) is 20.2 Å². The highest BCUT2D eigenvalue weighted by Crippen LogP contribution is 2.23. The molecule has 2 aromatic rings. The SMILES string of the molecule is COc1ccccc1-n1[nH]c2c(c1=O)CCN(CC1=CCCC=C1)C2. The zero-order valence-electron chi connectivity index (χ0n) is 14.5. The molecular weight excluding hydrogens is 314 g/mol. The van der Waals surface area contributed by atoms with E-state index in [-0.39, 0.29) is 5.56 Å². The van der Waals surface area contributed by atoms with Gasteiger partial charge in [0.15, 0.2) is 0 Å². The molecule has 0 saturated carbocycles. The molecule has 25 heavy (non-hydrogen) atoms. The van der Waals surface area contributed by atoms with Crippen LogP contribution >= 0.6 is 0 Å². The van der Waals surface area contributed by atoms with Crippen LogP contribution in [0, 0.1) is 0 Å². The minimum Gasteiger partial charge on any atom is -0.494 e. The van der Waals surface area contributed by atoms with Gasteiger partial charge in [0.25, 0.3) is 5.56 Å². The number of allylic oxidation sites excluding steroid dienone is 2. The van der Waals surface area contributed by atoms with Crippen molar-refractivity contribution in [3.63, 3.8) is 0 Å². The molecule has 1 aromatic carbocycles. The van der Waals surface area contributed by atoms with E-state index in [1.165, 1.54) is 5.57 Å². The minimum absolute atomic E-state index is 0.0379. The van der Waals surface area contributed by atoms with Crippen molar-refractivity contribution in [1.82, 2.24) is 14.7 Å². The molecule has 0 fully saturated rings. The van der Waals surface area contributed by atoms with Gasteiger partial charge in [-0.05, 0) is 37.0 Å². The lowest BCUT2D eigenvalue weighted by Gasteiger charge is -2.26. The van der Waals surface area contributed by atoms with Crippen molar-refractivity contribution in [1.29, 1.82) is 0 Å². The number of nitrogens with one attached hydrogen (secondary N) is 1. The van der Waals surface area contributed by atoms with Gasteiger partial charge in [-0.1, -0.05) is 30.4 Å². The number of hydrogen-bond acceptors (Lipinski definition) is 3. The van der Waals surface area contributed by atoms with E-state index in [1.807, 2.05) is 24.3 Å². The van der Waals surface area contributed by atoms with E-state index in [9.17, 15) is 4.79 Å². The van der Waals surface area contributed by atoms with Gasteiger partial charge < -0.3 is 4.74 Å². The van der Waals surface area contributed by atoms with Crippen LogP contribution in [0.3, 0.4) is 0 Å². The molecular formula is C20H23N3O2. The fraction of sp³-hybridized carbons (Fsp3) is 0.350. The van der Waals surface area contributed by atoms with Gasteiger partial charge >= 0.3 is 0 Å². The second kappa shape index (κ2) is 6.76. The van der Waals surface area contributed by atoms with Gasteiger partial charge in [-0.3, -0.25) is 14.8 Å². The molecule has 0 spiro atoms. The van der Waals surface area contributed by atoms with E-state index in [2.05, 4.69) is 28.2 Å². The summed E-state index contributed by atoms with van der Waals surface area (Å²) in [6.45, 7) is 2.63. The second-order valence-corrected chi connectivity index (χ2v) is 6.60. The molecule has 0 radical (unpaired) electrons. The van der Waals surface area contributed by atoms with Crippen LogP contribution in [0.4, 0.5) is 0 Å². The van der Waals surface area contributed by atoms with Crippen LogP contribution in [-0.2, 0) is 13.0 Å². The van der Waals surface area contributed by atoms with E-state index in [1.54, 1.807) is 11.8 Å². The van der Waals surface area contributed by atoms with Gasteiger partial charge in [0.05, 0.1) is 12.8 Å². The number of H-pyrrole nitrogens is 1. The van der Waals surface area contributed by atoms with Crippen LogP contribution in [0.5, 0.6) is 5.75 Å². The molecule has 1 aromatic heterocycles. The third-order valence-electron chi connectivity index (χ3n) is 4.94. The van der Waals surface area contributed by atoms with Crippen LogP contribution in [0.25, 0.3) is 5.69 Å². The molecule has 0 saturated heterocycles. The van der Waals surface area contributed by atoms with Crippen LogP contribution in [0.15, 0.2) is 52.9 Å². The number of nitrogens with zero attached hydrogens (tertiary/aromatic N) is 2. The molecule has 5 heteroatoms. The quantitative estimate of drug-likeness (QED) is 0.933. The van der Waals surface area contributed by atoms with E-state index in [4.69, 9.17) is 4.74 Å². The predicted molar refractivity (Wildman–Crippen MR) is 98.4 cm³/mol. The zero-order chi connectivity index (χ0) is 17.2. The van der Waals surface area contributed by atoms with Gasteiger partial charge in [-0.2, -0.15) is 0 Å². The Morgan fingerprint density at radius 1 is 1.24 bits per heavy atom. The Labute approximate surface area is 147 Å². The Kier molecular flexibility index (Phi) is 4.32. The fourth-order valence-corrected chi connectivity index (χ4v) is 3.64. The predicted octanol–water partition coefficient (Wildman–Crippen LogP) is 2.81. The maximum Gasteiger partial charge on any atom is 0.274 e. The summed E-state index contributed by atoms with van der Waals surface area (Å²) in [7, 11) is 1.62. The average molecular weight is 337 g/mol. The summed E-state index contributed by atoms with van der Waals surface area (Å²) in [5.41, 5.74) is 4.09. The molecule has 130 valence electrons. The average Bonchev–Trinajstić information content (AvgIpc) is 2.98. The Balaban J connectivity index is 1.61. The van der Waals surface area contributed by atoms with Crippen molar-refractivity contribution in [3.05, 3.63) is 69.7 Å². The first kappa shape index (κ1) is 16.0. The molecule has 0 unspecified atom stereocenters. The highest BCUT2D eigenvalue weighted by Gasteiger charge is 2.24. The van der Waals surface area contributed by atoms with Gasteiger partial charge in [0, 0.05) is 25.2 Å². The normalized spacial score (nSPS) is 17.2. The number of aromatic nitrogens is 2. The molecule has 4 rings (SSSR count). The molecule has 1 aliphatic heterocycles. The van der Waals surface area contributed by atoms with Gasteiger partial charge in [-0.15, -0.1) is 0 Å². The van der Waals surface area contributed by atoms with E-state index in [0.29, 0.717) is 5.75 Å². The highest BCUT2D eigenvalue weighted by molar-refractivity contribution is 5.46. The summed E-state index contributed by atoms with van der Waals surface area (Å²) in [6.07, 6.45) is 9.84. The summed E-state index contributed by atoms with van der Waals surface area (Å²) in [6, 6.07) is 7.59. The first-order chi connectivity index (χ1) is 12.3. The molecule has 0 bridgehead atoms. The van der Waals surface area contributed by atoms with E-state index < -0.39 is 0 Å². The Morgan fingerprint density at radius 2 is 2.12 bits per heavy atom. The number of fused-ring (bicyclic) bond motifs is 1. The van der Waals surface area contributed by atoms with Crippen molar-refractivity contribution in [3.8, 4) is 11.4 Å². The summed E-state index contributed by atoms with van der Waals surface area (Å²) >= 11 is 0. The molecule has 0 atom stereocenters. The number of ether oxygens (including phenoxy) is 1. The molecule has 5 nitrogen and oxygen atoms in total. The summed E-state index contributed by atoms with van der Waals surface area (Å²) in [5.74, 6) is 0.692. The molecule has 1 aliphatic carbocycles. The topological polar surface area (TPSA) is 50.3 Å². The molecule has 0 amide bonds. The van der Waals surface area contributed by atoms with E-state index >= 15 is 0 Å². The number of rotatable bonds is 4. The first-order valence-corrected chi connectivity index (χ1v) is 8.80. The van der Waals surface area contributed by atoms with E-state index in [0.717, 1.165) is 55.8 Å². The second-order valence-electron chi connectivity index (χ2n) is 6.60. The number of para-hydroxylation sites is 2. The standard InChI is InChI=1S/C20H23N3O2/c1-25-19-10-6-5-9-18(19)23-20(24)16-11-12-22(14-17(16)21-23)13-15-7-3-2-4-8-15/h3,5-10,21H,2,4,11-14H2,1H3. The van der Waals surface area contributed by atoms with Crippen LogP contribution < -0.4 is 10.3 Å². The number of aromatic amines is 1. The summed E-state index contributed by atoms with van der Waals surface area (Å²) in [5, 5.41) is 3.31. The molecule has 2 heterocycles. The smallest absolute Gasteiger partial charge is 0.274 e. The Hall–Kier alpha value is -2.53. The van der Waals surface area contributed by atoms with Crippen molar-refractivity contribution in [2.45, 2.75) is 25.8 Å². The maximum atomic E-state index is 12.8. The Bertz CT molecular complexity index is 889.